The van der Waals surface area contributed by atoms with Crippen LogP contribution in [0.5, 0.6) is 5.75 Å². The standard InChI is InChI=1S/C70H84N10O16S/c1-41-46(44-17-19-53(75-58(44)63(90)91)78-26-23-43-11-10-12-45(47(43)31-78)62(89)76-65-74-48-13-7-8-14-52(48)97-65)30-72-80(41)40-69-35-67(2)34-68(3,36-69)38-70(37-67,39-69)94-28-27-77(4)66(92)93-33-42-16-18-50(95-64-61(88)60(87)59(86)51(32-81)96-64)49(29-42)73-55(83)22-24-71-54(82)15-6-5-9-25-79-56(84)20-21-57(79)85/h7-8,10-14,16-21,29-30,51,56,59-61,64,81,84,86-88H,5-6,9,15,22-28,31-40H2,1-4H3,(H,71,82)(H,73,83)(H,90,91)(H,74,76,89)/t51-,56?,59+,60+,61-,64-,67?,68?,69?,70?/m1/s1. The van der Waals surface area contributed by atoms with Gasteiger partial charge in [-0.25, -0.2) is 19.6 Å². The number of rotatable bonds is 26. The van der Waals surface area contributed by atoms with Crippen LogP contribution in [0.15, 0.2) is 91.1 Å². The molecule has 4 bridgehead atoms. The number of hydrogen-bond acceptors (Lipinski definition) is 20. The monoisotopic (exact) mass is 1350 g/mol. The number of aromatic nitrogens is 4. The molecule has 6 aromatic rings. The molecule has 4 aliphatic carbocycles. The summed E-state index contributed by atoms with van der Waals surface area (Å²) < 4.78 is 27.3. The van der Waals surface area contributed by atoms with E-state index in [2.05, 4.69) is 34.8 Å². The number of likely N-dealkylation sites (N-methyl/N-ethyl adjacent to an activating group) is 1. The lowest BCUT2D eigenvalue weighted by Crippen LogP contribution is -2.64. The van der Waals surface area contributed by atoms with Gasteiger partial charge in [0, 0.05) is 87.6 Å². The highest BCUT2D eigenvalue weighted by molar-refractivity contribution is 7.22. The molecule has 13 rings (SSSR count). The molecule has 27 heteroatoms. The van der Waals surface area contributed by atoms with E-state index < -0.39 is 67.1 Å². The lowest BCUT2D eigenvalue weighted by molar-refractivity contribution is -0.277. The van der Waals surface area contributed by atoms with Gasteiger partial charge in [-0.3, -0.25) is 29.2 Å². The number of carbonyl (C=O) groups excluding carboxylic acids is 5. The molecule has 3 unspecified atom stereocenters. The molecular formula is C70H84N10O16S. The number of amides is 5. The molecule has 9 N–H and O–H groups in total. The molecule has 3 aromatic heterocycles. The van der Waals surface area contributed by atoms with Gasteiger partial charge in [-0.05, 0) is 146 Å². The van der Waals surface area contributed by atoms with Gasteiger partial charge in [0.05, 0.1) is 40.9 Å². The molecule has 516 valence electrons. The van der Waals surface area contributed by atoms with E-state index >= 15 is 0 Å². The zero-order chi connectivity index (χ0) is 68.6. The number of carboxylic acid groups (broad SMARTS) is 1. The number of pyridine rings is 1. The number of unbranched alkanes of at least 4 members (excludes halogenated alkanes) is 2. The van der Waals surface area contributed by atoms with Crippen LogP contribution in [0.25, 0.3) is 21.3 Å². The van der Waals surface area contributed by atoms with E-state index in [4.69, 9.17) is 29.0 Å². The average Bonchev–Trinajstić information content (AvgIpc) is 1.15. The largest absolute Gasteiger partial charge is 0.476 e. The maximum absolute atomic E-state index is 13.8. The first-order valence-corrected chi connectivity index (χ1v) is 33.9. The smallest absolute Gasteiger partial charge is 0.409 e. The zero-order valence-electron chi connectivity index (χ0n) is 54.8. The van der Waals surface area contributed by atoms with Crippen molar-refractivity contribution in [2.75, 3.05) is 62.0 Å². The normalized spacial score (nSPS) is 26.3. The summed E-state index contributed by atoms with van der Waals surface area (Å²) in [6.07, 6.45) is 2.78. The highest BCUT2D eigenvalue weighted by Crippen LogP contribution is 2.72. The SMILES string of the molecule is Cc1c(-c2ccc(N3CCc4cccc(C(=O)Nc5nc6ccccc6s5)c4C3)nc2C(=O)O)cnn1CC12CC3(C)CC(C)(C1)CC(OCCN(C)C(=O)OCc1ccc(O[C@@H]4O[C@H](CO)[C@H](O)[C@H](O)[C@H]4O)c(NC(=O)CCNC(=O)CCCCCN4C(=O)C=CC4O)c1)(C3)C2. The quantitative estimate of drug-likeness (QED) is 0.0256. The average molecular weight is 1350 g/mol. The first-order valence-electron chi connectivity index (χ1n) is 33.1. The number of nitrogens with one attached hydrogen (secondary N) is 3. The minimum atomic E-state index is -1.75. The first-order chi connectivity index (χ1) is 46.4. The van der Waals surface area contributed by atoms with E-state index in [1.807, 2.05) is 65.0 Å². The van der Waals surface area contributed by atoms with E-state index in [9.17, 15) is 59.4 Å². The molecule has 5 fully saturated rings. The van der Waals surface area contributed by atoms with Gasteiger partial charge in [-0.15, -0.1) is 0 Å². The molecule has 1 saturated heterocycles. The molecule has 7 aliphatic rings. The Labute approximate surface area is 564 Å². The number of thiazole rings is 1. The number of carbonyl (C=O) groups is 6. The summed E-state index contributed by atoms with van der Waals surface area (Å²) in [6.45, 7) is 8.04. The number of aliphatic hydroxyl groups excluding tert-OH is 5. The van der Waals surface area contributed by atoms with Crippen molar-refractivity contribution >= 4 is 73.9 Å². The number of hydrogen-bond donors (Lipinski definition) is 9. The van der Waals surface area contributed by atoms with Crippen LogP contribution in [-0.4, -0.2) is 185 Å². The summed E-state index contributed by atoms with van der Waals surface area (Å²) >= 11 is 1.41. The van der Waals surface area contributed by atoms with Crippen LogP contribution in [0.3, 0.4) is 0 Å². The van der Waals surface area contributed by atoms with Crippen LogP contribution < -0.4 is 25.6 Å². The van der Waals surface area contributed by atoms with Crippen LogP contribution in [0, 0.1) is 23.2 Å². The Balaban J connectivity index is 0.659. The van der Waals surface area contributed by atoms with Crippen molar-refractivity contribution in [3.8, 4) is 16.9 Å². The fourth-order valence-corrected chi connectivity index (χ4v) is 17.3. The molecule has 8 atom stereocenters. The van der Waals surface area contributed by atoms with Gasteiger partial charge in [0.1, 0.15) is 48.8 Å². The summed E-state index contributed by atoms with van der Waals surface area (Å²) in [5, 5.41) is 76.0. The molecule has 6 heterocycles. The van der Waals surface area contributed by atoms with Gasteiger partial charge in [0.25, 0.3) is 5.91 Å². The van der Waals surface area contributed by atoms with E-state index in [0.717, 1.165) is 65.6 Å². The predicted octanol–water partition coefficient (Wildman–Crippen LogP) is 6.68. The molecular weight excluding hydrogens is 1270 g/mol. The van der Waals surface area contributed by atoms with E-state index in [0.29, 0.717) is 85.1 Å². The third-order valence-corrected chi connectivity index (χ3v) is 20.8. The second-order valence-electron chi connectivity index (χ2n) is 27.8. The number of para-hydroxylation sites is 1. The Bertz CT molecular complexity index is 3950. The number of aliphatic hydroxyl groups is 5. The van der Waals surface area contributed by atoms with E-state index in [1.54, 1.807) is 25.4 Å². The third kappa shape index (κ3) is 15.0. The van der Waals surface area contributed by atoms with Crippen LogP contribution >= 0.6 is 11.3 Å². The summed E-state index contributed by atoms with van der Waals surface area (Å²) in [5.41, 5.74) is 4.85. The number of ether oxygens (including phenoxy) is 4. The number of aromatic carboxylic acids is 1. The van der Waals surface area contributed by atoms with Crippen molar-refractivity contribution in [3.63, 3.8) is 0 Å². The van der Waals surface area contributed by atoms with Crippen LogP contribution in [-0.2, 0) is 54.7 Å². The maximum atomic E-state index is 13.8. The van der Waals surface area contributed by atoms with Crippen molar-refractivity contribution in [2.24, 2.45) is 16.2 Å². The Kier molecular flexibility index (Phi) is 19.9. The molecule has 3 aliphatic heterocycles. The van der Waals surface area contributed by atoms with Crippen molar-refractivity contribution in [2.45, 2.75) is 160 Å². The fraction of sp³-hybridized carbons (Fsp3) is 0.500. The Morgan fingerprint density at radius 2 is 1.64 bits per heavy atom. The lowest BCUT2D eigenvalue weighted by Gasteiger charge is -2.69. The van der Waals surface area contributed by atoms with Crippen molar-refractivity contribution in [1.29, 1.82) is 0 Å². The van der Waals surface area contributed by atoms with Crippen LogP contribution in [0.4, 0.5) is 21.4 Å². The van der Waals surface area contributed by atoms with E-state index in [1.165, 1.54) is 45.4 Å². The van der Waals surface area contributed by atoms with Gasteiger partial charge in [-0.2, -0.15) is 5.10 Å². The number of benzene rings is 3. The molecule has 97 heavy (non-hydrogen) atoms. The van der Waals surface area contributed by atoms with Crippen LogP contribution in [0.2, 0.25) is 0 Å². The summed E-state index contributed by atoms with van der Waals surface area (Å²) in [6, 6.07) is 21.6. The Morgan fingerprint density at radius 3 is 2.39 bits per heavy atom. The molecule has 0 radical (unpaired) electrons. The number of fused-ring (bicyclic) bond motifs is 2. The molecule has 5 amide bonds. The first kappa shape index (κ1) is 68.5. The highest BCUT2D eigenvalue weighted by Gasteiger charge is 2.66. The maximum Gasteiger partial charge on any atom is 0.409 e. The minimum absolute atomic E-state index is 0.0140. The van der Waals surface area contributed by atoms with Crippen molar-refractivity contribution in [1.82, 2.24) is 34.9 Å². The van der Waals surface area contributed by atoms with Gasteiger partial charge in [-0.1, -0.05) is 61.9 Å². The lowest BCUT2D eigenvalue weighted by atomic mass is 9.39. The second-order valence-corrected chi connectivity index (χ2v) is 28.9. The number of carboxylic acids is 1. The topological polar surface area (TPSA) is 350 Å². The summed E-state index contributed by atoms with van der Waals surface area (Å²) in [4.78, 5) is 92.7. The molecule has 4 saturated carbocycles. The van der Waals surface area contributed by atoms with Crippen molar-refractivity contribution in [3.05, 3.63) is 125 Å². The third-order valence-electron chi connectivity index (χ3n) is 19.9. The minimum Gasteiger partial charge on any atom is -0.476 e. The van der Waals surface area contributed by atoms with Gasteiger partial charge in [0.2, 0.25) is 24.0 Å². The van der Waals surface area contributed by atoms with Gasteiger partial charge in [0.15, 0.2) is 10.8 Å². The van der Waals surface area contributed by atoms with E-state index in [-0.39, 0.29) is 90.2 Å². The van der Waals surface area contributed by atoms with Crippen molar-refractivity contribution < 1.29 is 78.4 Å². The zero-order valence-corrected chi connectivity index (χ0v) is 55.6. The van der Waals surface area contributed by atoms with Gasteiger partial charge < -0.3 is 74.9 Å². The molecule has 0 spiro atoms. The van der Waals surface area contributed by atoms with Crippen LogP contribution in [0.1, 0.15) is 128 Å². The Hall–Kier alpha value is -8.41. The second kappa shape index (κ2) is 28.2. The highest BCUT2D eigenvalue weighted by atomic mass is 32.1. The Morgan fingerprint density at radius 1 is 0.845 bits per heavy atom. The fourth-order valence-electron chi connectivity index (χ4n) is 16.4. The van der Waals surface area contributed by atoms with Gasteiger partial charge >= 0.3 is 12.1 Å². The number of nitrogens with zero attached hydrogens (tertiary/aromatic N) is 7. The molecule has 3 aromatic carbocycles. The summed E-state index contributed by atoms with van der Waals surface area (Å²) in [7, 11) is 1.62. The predicted molar refractivity (Wildman–Crippen MR) is 356 cm³/mol. The summed E-state index contributed by atoms with van der Waals surface area (Å²) in [5.74, 6) is -2.05. The number of anilines is 3. The molecule has 26 nitrogen and oxygen atoms in total.